The summed E-state index contributed by atoms with van der Waals surface area (Å²) in [5, 5.41) is 0. The average molecular weight is 681 g/mol. The van der Waals surface area contributed by atoms with Crippen molar-refractivity contribution in [3.8, 4) is 0 Å². The van der Waals surface area contributed by atoms with E-state index in [0.29, 0.717) is 26.1 Å². The summed E-state index contributed by atoms with van der Waals surface area (Å²) in [4.78, 5) is 16.8. The van der Waals surface area contributed by atoms with E-state index in [1.54, 1.807) is 0 Å². The first kappa shape index (κ1) is 40.1. The standard InChI is InChI=1S/C36H44F2N4O2.2K/c1-25(43-17-9-5-3-7-15-37)33-21-31-20-29-12-11-27(39-29)19-28-13-14-30(40-28)23-35-34(22-32(42-35)24-36(33)41-31)26(2)44-18-10-6-4-8-16-38;;/h11-14,19-26,41-42H,3-10,15-18H2,1-2H3;;. The molecule has 0 amide bonds. The van der Waals surface area contributed by atoms with Gasteiger partial charge in [-0.15, -0.1) is 0 Å². The van der Waals surface area contributed by atoms with Gasteiger partial charge in [-0.2, -0.15) is 0 Å². The van der Waals surface area contributed by atoms with E-state index >= 15 is 0 Å². The first-order valence-corrected chi connectivity index (χ1v) is 16.0. The van der Waals surface area contributed by atoms with Gasteiger partial charge in [0.15, 0.2) is 0 Å². The maximum Gasteiger partial charge on any atom is 0.0894 e. The van der Waals surface area contributed by atoms with Crippen LogP contribution >= 0.6 is 0 Å². The maximum absolute atomic E-state index is 12.4. The number of hydrogen-bond acceptors (Lipinski definition) is 4. The van der Waals surface area contributed by atoms with E-state index in [9.17, 15) is 8.78 Å². The van der Waals surface area contributed by atoms with Crippen LogP contribution in [0.2, 0.25) is 0 Å². The summed E-state index contributed by atoms with van der Waals surface area (Å²) in [7, 11) is 0. The molecule has 3 aromatic heterocycles. The molecular weight excluding hydrogens is 637 g/mol. The van der Waals surface area contributed by atoms with Crippen molar-refractivity contribution >= 4 is 149 Å². The summed E-state index contributed by atoms with van der Waals surface area (Å²) < 4.78 is 37.4. The molecule has 236 valence electrons. The molecule has 0 fully saturated rings. The van der Waals surface area contributed by atoms with Gasteiger partial charge in [0, 0.05) is 149 Å². The molecular formula is C36H44F2K2N4O2. The number of nitrogens with one attached hydrogen (secondary N) is 2. The van der Waals surface area contributed by atoms with Gasteiger partial charge in [0.25, 0.3) is 0 Å². The molecule has 8 bridgehead atoms. The molecule has 6 nitrogen and oxygen atoms in total. The zero-order valence-corrected chi connectivity index (χ0v) is 34.1. The van der Waals surface area contributed by atoms with Gasteiger partial charge >= 0.3 is 0 Å². The van der Waals surface area contributed by atoms with Gasteiger partial charge in [0.1, 0.15) is 0 Å². The Hall–Kier alpha value is -0.347. The van der Waals surface area contributed by atoms with Crippen molar-refractivity contribution in [3.63, 3.8) is 0 Å². The minimum atomic E-state index is -0.257. The number of unbranched alkanes of at least 4 members (excludes halogenated alkanes) is 6. The fourth-order valence-electron chi connectivity index (χ4n) is 5.61. The topological polar surface area (TPSA) is 75.8 Å². The first-order chi connectivity index (χ1) is 21.5. The van der Waals surface area contributed by atoms with E-state index in [4.69, 9.17) is 19.4 Å². The van der Waals surface area contributed by atoms with Crippen LogP contribution in [0.25, 0.3) is 46.4 Å². The second kappa shape index (κ2) is 21.0. The maximum atomic E-state index is 12.4. The third-order valence-electron chi connectivity index (χ3n) is 8.03. The van der Waals surface area contributed by atoms with Crippen molar-refractivity contribution in [2.75, 3.05) is 26.6 Å². The molecule has 10 heteroatoms. The predicted octanol–water partition coefficient (Wildman–Crippen LogP) is 9.11. The Kier molecular flexibility index (Phi) is 18.3. The normalized spacial score (nSPS) is 13.3. The molecule has 0 aromatic carbocycles. The molecule has 46 heavy (non-hydrogen) atoms. The second-order valence-electron chi connectivity index (χ2n) is 11.6. The van der Waals surface area contributed by atoms with Crippen molar-refractivity contribution < 1.29 is 18.3 Å². The second-order valence-corrected chi connectivity index (χ2v) is 11.6. The molecule has 2 N–H and O–H groups in total. The molecule has 5 rings (SSSR count). The van der Waals surface area contributed by atoms with E-state index in [1.807, 2.05) is 36.4 Å². The fourth-order valence-corrected chi connectivity index (χ4v) is 5.61. The molecule has 5 heterocycles. The Labute approximate surface area is 356 Å². The van der Waals surface area contributed by atoms with Gasteiger partial charge in [-0.1, -0.05) is 25.7 Å². The van der Waals surface area contributed by atoms with Crippen LogP contribution in [0.15, 0.2) is 36.4 Å². The smallest absolute Gasteiger partial charge is 0.0894 e. The van der Waals surface area contributed by atoms with E-state index in [0.717, 1.165) is 94.5 Å². The third kappa shape index (κ3) is 11.9. The van der Waals surface area contributed by atoms with Crippen LogP contribution in [0.3, 0.4) is 0 Å². The summed E-state index contributed by atoms with van der Waals surface area (Å²) in [6, 6.07) is 12.5. The molecule has 2 aliphatic rings. The minimum absolute atomic E-state index is 0. The number of halogens is 2. The average Bonchev–Trinajstić information content (AvgIpc) is 3.81. The minimum Gasteiger partial charge on any atom is -0.374 e. The number of nitrogens with zero attached hydrogens (tertiary/aromatic N) is 2. The Morgan fingerprint density at radius 3 is 1.46 bits per heavy atom. The van der Waals surface area contributed by atoms with Crippen LogP contribution in [-0.2, 0) is 9.47 Å². The Bertz CT molecular complexity index is 1620. The van der Waals surface area contributed by atoms with Crippen LogP contribution in [-0.4, -0.2) is 149 Å². The SMILES string of the molecule is CC(OCCCCCCF)c1cc2cc3[nH]c(cc4nc(cc5nc(cc1[nH]2)C=C5)C=C4)cc3C(C)OCCCCCCF.[K].[K]. The molecule has 3 aromatic rings. The van der Waals surface area contributed by atoms with E-state index in [2.05, 4.69) is 48.1 Å². The number of aromatic nitrogens is 4. The van der Waals surface area contributed by atoms with Gasteiger partial charge in [-0.05, 0) is 100 Å². The van der Waals surface area contributed by atoms with Crippen LogP contribution in [0.1, 0.15) is 111 Å². The summed E-state index contributed by atoms with van der Waals surface area (Å²) in [5.41, 5.74) is 9.33. The number of ether oxygens (including phenoxy) is 2. The zero-order chi connectivity index (χ0) is 30.7. The van der Waals surface area contributed by atoms with Crippen molar-refractivity contribution in [2.45, 2.75) is 77.4 Å². The molecule has 0 spiro atoms. The molecule has 2 radical (unpaired) electrons. The van der Waals surface area contributed by atoms with Gasteiger partial charge in [-0.25, -0.2) is 9.97 Å². The largest absolute Gasteiger partial charge is 0.374 e. The van der Waals surface area contributed by atoms with Gasteiger partial charge < -0.3 is 19.4 Å². The summed E-state index contributed by atoms with van der Waals surface area (Å²) in [5.74, 6) is 0. The number of aromatic amines is 2. The Morgan fingerprint density at radius 1 is 0.543 bits per heavy atom. The van der Waals surface area contributed by atoms with Crippen molar-refractivity contribution in [2.24, 2.45) is 0 Å². The number of alkyl halides is 2. The van der Waals surface area contributed by atoms with Gasteiger partial charge in [-0.3, -0.25) is 8.78 Å². The van der Waals surface area contributed by atoms with Gasteiger partial charge in [0.2, 0.25) is 0 Å². The quantitative estimate of drug-likeness (QED) is 0.0806. The number of rotatable bonds is 16. The number of hydrogen-bond donors (Lipinski definition) is 2. The van der Waals surface area contributed by atoms with Gasteiger partial charge in [0.05, 0.1) is 48.3 Å². The number of H-pyrrole nitrogens is 2. The third-order valence-corrected chi connectivity index (χ3v) is 8.03. The van der Waals surface area contributed by atoms with E-state index < -0.39 is 0 Å². The Morgan fingerprint density at radius 2 is 0.957 bits per heavy atom. The van der Waals surface area contributed by atoms with Crippen LogP contribution in [0.4, 0.5) is 8.78 Å². The fraction of sp³-hybridized carbons (Fsp3) is 0.444. The zero-order valence-electron chi connectivity index (χ0n) is 27.9. The molecule has 2 unspecified atom stereocenters. The van der Waals surface area contributed by atoms with Crippen LogP contribution in [0.5, 0.6) is 0 Å². The molecule has 0 aliphatic carbocycles. The summed E-state index contributed by atoms with van der Waals surface area (Å²) >= 11 is 0. The van der Waals surface area contributed by atoms with Crippen LogP contribution in [0, 0.1) is 0 Å². The summed E-state index contributed by atoms with van der Waals surface area (Å²) in [6.07, 6.45) is 14.5. The molecule has 0 saturated carbocycles. The van der Waals surface area contributed by atoms with E-state index in [1.165, 1.54) is 0 Å². The molecule has 2 aliphatic heterocycles. The van der Waals surface area contributed by atoms with E-state index in [-0.39, 0.29) is 128 Å². The Balaban J connectivity index is 0.00000288. The predicted molar refractivity (Wildman–Crippen MR) is 188 cm³/mol. The first-order valence-electron chi connectivity index (χ1n) is 16.0. The molecule has 2 atom stereocenters. The summed E-state index contributed by atoms with van der Waals surface area (Å²) in [6.45, 7) is 4.89. The monoisotopic (exact) mass is 680 g/mol. The van der Waals surface area contributed by atoms with Crippen molar-refractivity contribution in [1.82, 2.24) is 19.9 Å². The molecule has 0 saturated heterocycles. The van der Waals surface area contributed by atoms with Crippen molar-refractivity contribution in [3.05, 3.63) is 70.3 Å². The van der Waals surface area contributed by atoms with Crippen LogP contribution < -0.4 is 0 Å². The number of fused-ring (bicyclic) bond motifs is 8. The van der Waals surface area contributed by atoms with Crippen molar-refractivity contribution in [1.29, 1.82) is 0 Å².